The van der Waals surface area contributed by atoms with E-state index < -0.39 is 28.3 Å². The third kappa shape index (κ3) is 9.45. The normalized spacial score (nSPS) is 27.8. The maximum atomic E-state index is 13.7. The van der Waals surface area contributed by atoms with Crippen LogP contribution in [0, 0.1) is 11.3 Å². The van der Waals surface area contributed by atoms with Crippen molar-refractivity contribution in [2.45, 2.75) is 114 Å². The van der Waals surface area contributed by atoms with Gasteiger partial charge in [-0.2, -0.15) is 18.4 Å². The summed E-state index contributed by atoms with van der Waals surface area (Å²) in [5.74, 6) is -0.793. The molecule has 3 aliphatic heterocycles. The van der Waals surface area contributed by atoms with Gasteiger partial charge in [-0.05, 0) is 89.6 Å². The van der Waals surface area contributed by atoms with Crippen LogP contribution >= 0.6 is 25.0 Å². The monoisotopic (exact) mass is 821 g/mol. The highest BCUT2D eigenvalue weighted by Crippen LogP contribution is 2.43. The van der Waals surface area contributed by atoms with Crippen molar-refractivity contribution in [2.75, 3.05) is 44.3 Å². The number of thiol groups is 1. The molecule has 2 unspecified atom stereocenters. The van der Waals surface area contributed by atoms with Crippen molar-refractivity contribution >= 4 is 48.4 Å². The number of halogens is 4. The molecule has 0 spiro atoms. The molecular formula is C39H51ClF3N7O5S. The van der Waals surface area contributed by atoms with Gasteiger partial charge < -0.3 is 9.47 Å². The van der Waals surface area contributed by atoms with Crippen LogP contribution in [0.2, 0.25) is 0 Å². The minimum atomic E-state index is -4.74. The largest absolute Gasteiger partial charge is 0.476 e. The van der Waals surface area contributed by atoms with Crippen LogP contribution in [0.1, 0.15) is 88.8 Å². The zero-order valence-electron chi connectivity index (χ0n) is 32.1. The molecule has 0 radical (unpaired) electrons. The topological polar surface area (TPSA) is 131 Å². The molecule has 12 nitrogen and oxygen atoms in total. The third-order valence-electron chi connectivity index (χ3n) is 11.5. The van der Waals surface area contributed by atoms with Gasteiger partial charge in [-0.1, -0.05) is 0 Å². The van der Waals surface area contributed by atoms with Gasteiger partial charge in [-0.25, -0.2) is 4.98 Å². The number of piperazine rings is 1. The van der Waals surface area contributed by atoms with Gasteiger partial charge in [0.1, 0.15) is 12.1 Å². The van der Waals surface area contributed by atoms with Crippen LogP contribution < -0.4 is 15.0 Å². The number of rotatable bonds is 11. The first-order valence-corrected chi connectivity index (χ1v) is 19.5. The number of nitrogens with one attached hydrogen (secondary N) is 1. The zero-order chi connectivity index (χ0) is 39.7. The summed E-state index contributed by atoms with van der Waals surface area (Å²) < 4.78 is 53.6. The Morgan fingerprint density at radius 3 is 2.34 bits per heavy atom. The molecule has 4 atom stereocenters. The molecule has 56 heavy (non-hydrogen) atoms. The number of carbonyl (C=O) groups is 3. The predicted octanol–water partition coefficient (Wildman–Crippen LogP) is 5.36. The highest BCUT2D eigenvalue weighted by molar-refractivity contribution is 7.81. The second-order valence-electron chi connectivity index (χ2n) is 15.6. The van der Waals surface area contributed by atoms with Gasteiger partial charge >= 0.3 is 6.18 Å². The van der Waals surface area contributed by atoms with Crippen LogP contribution in [0.4, 0.5) is 18.9 Å². The first kappa shape index (κ1) is 43.7. The van der Waals surface area contributed by atoms with Crippen LogP contribution in [0.5, 0.6) is 5.88 Å². The Labute approximate surface area is 337 Å². The lowest BCUT2D eigenvalue weighted by molar-refractivity contribution is -0.138. The molecule has 4 fully saturated rings. The lowest BCUT2D eigenvalue weighted by atomic mass is 9.89. The lowest BCUT2D eigenvalue weighted by Gasteiger charge is -2.44. The van der Waals surface area contributed by atoms with Crippen molar-refractivity contribution in [1.29, 1.82) is 5.26 Å². The summed E-state index contributed by atoms with van der Waals surface area (Å²) in [7, 11) is 0. The van der Waals surface area contributed by atoms with E-state index >= 15 is 0 Å². The van der Waals surface area contributed by atoms with Crippen molar-refractivity contribution in [3.8, 4) is 11.9 Å². The fourth-order valence-corrected chi connectivity index (χ4v) is 9.46. The van der Waals surface area contributed by atoms with Gasteiger partial charge in [-0.15, -0.1) is 25.0 Å². The molecule has 4 aliphatic rings. The van der Waals surface area contributed by atoms with Crippen LogP contribution in [-0.4, -0.2) is 112 Å². The number of alkyl halides is 3. The number of nitrogens with zero attached hydrogens (tertiary/aromatic N) is 6. The highest BCUT2D eigenvalue weighted by Gasteiger charge is 2.54. The van der Waals surface area contributed by atoms with Gasteiger partial charge in [0.25, 0.3) is 0 Å². The Hall–Kier alpha value is -3.46. The van der Waals surface area contributed by atoms with E-state index in [0.29, 0.717) is 44.0 Å². The third-order valence-corrected chi connectivity index (χ3v) is 12.0. The van der Waals surface area contributed by atoms with Crippen LogP contribution in [0.25, 0.3) is 0 Å². The molecule has 0 bridgehead atoms. The summed E-state index contributed by atoms with van der Waals surface area (Å²) >= 11 is 4.77. The highest BCUT2D eigenvalue weighted by atomic mass is 35.5. The molecule has 306 valence electrons. The standard InChI is InChI=1S/C39H50F3N7O5S.ClH/c1-24-22-46(23-25(2)47(24)16-18-54-34-19-26(13-14-44-34)31-11-12-33(50)45-35(31)51)15-17-53-30-9-7-28(8-10-30)49-37(55)48(36(52)38(49,3)4)29-6-5-27(21-43)32(20-29)39(40,41)42;/h5-6,13-14,19-20,24-25,28,30-31,37,55H,7-12,15-18,22-23H2,1-4H3,(H,45,50,51);1H/t24-,25+,28?,30?,31?,37?;. The molecule has 17 heteroatoms. The molecule has 2 aromatic rings. The van der Waals surface area contributed by atoms with E-state index in [4.69, 9.17) is 22.1 Å². The van der Waals surface area contributed by atoms with E-state index in [-0.39, 0.29) is 53.9 Å². The Morgan fingerprint density at radius 1 is 1.00 bits per heavy atom. The zero-order valence-corrected chi connectivity index (χ0v) is 33.8. The second kappa shape index (κ2) is 18.0. The molecule has 1 N–H and O–H groups in total. The van der Waals surface area contributed by atoms with Crippen molar-refractivity contribution in [2.24, 2.45) is 0 Å². The molecule has 1 aromatic carbocycles. The van der Waals surface area contributed by atoms with Gasteiger partial charge in [0, 0.05) is 68.7 Å². The number of hydrogen-bond donors (Lipinski definition) is 2. The van der Waals surface area contributed by atoms with Crippen molar-refractivity contribution in [1.82, 2.24) is 25.0 Å². The number of aromatic nitrogens is 1. The number of pyridine rings is 1. The lowest BCUT2D eigenvalue weighted by Crippen LogP contribution is -2.58. The van der Waals surface area contributed by atoms with E-state index in [0.717, 1.165) is 69.6 Å². The summed E-state index contributed by atoms with van der Waals surface area (Å²) in [5.41, 5.74) is -2.46. The molecule has 3 amide bonds. The van der Waals surface area contributed by atoms with E-state index in [9.17, 15) is 32.8 Å². The van der Waals surface area contributed by atoms with Gasteiger partial charge in [0.05, 0.1) is 41.4 Å². The molecular weight excluding hydrogens is 771 g/mol. The summed E-state index contributed by atoms with van der Waals surface area (Å²) in [6, 6.07) is 9.12. The molecule has 6 rings (SSSR count). The van der Waals surface area contributed by atoms with Gasteiger partial charge in [0.2, 0.25) is 23.6 Å². The number of amides is 3. The average Bonchev–Trinajstić information content (AvgIpc) is 3.31. The van der Waals surface area contributed by atoms with Crippen molar-refractivity contribution in [3.05, 3.63) is 53.2 Å². The number of ether oxygens (including phenoxy) is 2. The predicted molar refractivity (Wildman–Crippen MR) is 209 cm³/mol. The molecule has 4 heterocycles. The maximum Gasteiger partial charge on any atom is 0.417 e. The first-order chi connectivity index (χ1) is 26.1. The number of benzene rings is 1. The number of anilines is 1. The van der Waals surface area contributed by atoms with Gasteiger partial charge in [0.15, 0.2) is 0 Å². The Balaban J connectivity index is 0.00000600. The summed E-state index contributed by atoms with van der Waals surface area (Å²) in [6.07, 6.45) is 0.887. The van der Waals surface area contributed by atoms with Crippen molar-refractivity contribution < 1.29 is 37.0 Å². The fourth-order valence-electron chi connectivity index (χ4n) is 8.75. The van der Waals surface area contributed by atoms with Crippen molar-refractivity contribution in [3.63, 3.8) is 0 Å². The first-order valence-electron chi connectivity index (χ1n) is 19.0. The van der Waals surface area contributed by atoms with E-state index in [1.807, 2.05) is 4.90 Å². The molecule has 1 aromatic heterocycles. The molecule has 1 saturated carbocycles. The minimum Gasteiger partial charge on any atom is -0.476 e. The fraction of sp³-hybridized carbons (Fsp3) is 0.615. The van der Waals surface area contributed by atoms with Gasteiger partial charge in [-0.3, -0.25) is 39.3 Å². The SMILES string of the molecule is C[C@@H]1CN(CCOC2CCC(N3C(S)N(c4ccc(C#N)c(C(F)(F)F)c4)C(=O)C3(C)C)CC2)C[C@H](C)N1CCOc1cc(C2CCC(=O)NC2=O)ccn1.Cl. The molecule has 1 aliphatic carbocycles. The molecule has 3 saturated heterocycles. The van der Waals surface area contributed by atoms with Crippen LogP contribution in [0.3, 0.4) is 0 Å². The van der Waals surface area contributed by atoms with E-state index in [1.54, 1.807) is 38.2 Å². The van der Waals surface area contributed by atoms with E-state index in [1.165, 1.54) is 11.0 Å². The average molecular weight is 822 g/mol. The summed E-state index contributed by atoms with van der Waals surface area (Å²) in [4.78, 5) is 50.0. The number of hydrogen-bond acceptors (Lipinski definition) is 11. The summed E-state index contributed by atoms with van der Waals surface area (Å²) in [6.45, 7) is 12.4. The summed E-state index contributed by atoms with van der Waals surface area (Å²) in [5, 5.41) is 11.6. The van der Waals surface area contributed by atoms with Crippen LogP contribution in [0.15, 0.2) is 36.5 Å². The Kier molecular flexibility index (Phi) is 14.0. The quantitative estimate of drug-likeness (QED) is 0.226. The van der Waals surface area contributed by atoms with Crippen LogP contribution in [-0.2, 0) is 25.3 Å². The Morgan fingerprint density at radius 2 is 1.70 bits per heavy atom. The smallest absolute Gasteiger partial charge is 0.417 e. The number of imide groups is 1. The minimum absolute atomic E-state index is 0. The second-order valence-corrected chi connectivity index (χ2v) is 16.1. The number of piperidine rings is 1. The Bertz CT molecular complexity index is 1780. The number of carbonyl (C=O) groups excluding carboxylic acids is 3. The van der Waals surface area contributed by atoms with E-state index in [2.05, 4.69) is 33.9 Å². The maximum absolute atomic E-state index is 13.7. The number of nitriles is 1.